The Kier molecular flexibility index (Phi) is 23.1. The highest BCUT2D eigenvalue weighted by Crippen LogP contribution is 2.33. The average molecular weight is 933 g/mol. The van der Waals surface area contributed by atoms with Crippen molar-refractivity contribution in [2.45, 2.75) is 146 Å². The predicted molar refractivity (Wildman–Crippen MR) is 279 cm³/mol. The summed E-state index contributed by atoms with van der Waals surface area (Å²) in [6, 6.07) is 12.9. The monoisotopic (exact) mass is 933 g/mol. The van der Waals surface area contributed by atoms with E-state index in [9.17, 15) is 24.0 Å². The number of amidine groups is 1. The summed E-state index contributed by atoms with van der Waals surface area (Å²) in [5, 5.41) is 6.62. The lowest BCUT2D eigenvalue weighted by molar-refractivity contribution is -0.122. The third kappa shape index (κ3) is 15.9. The first-order chi connectivity index (χ1) is 32.3. The number of ether oxygens (including phenoxy) is 1. The van der Waals surface area contributed by atoms with E-state index in [0.29, 0.717) is 17.2 Å². The number of aliphatic imine (C=N–C) groups is 1. The van der Waals surface area contributed by atoms with E-state index in [2.05, 4.69) is 80.1 Å². The molecule has 0 radical (unpaired) electrons. The Morgan fingerprint density at radius 3 is 2.06 bits per heavy atom. The van der Waals surface area contributed by atoms with Gasteiger partial charge in [0.25, 0.3) is 11.8 Å². The number of imide groups is 1. The number of anilines is 2. The Labute approximate surface area is 407 Å². The van der Waals surface area contributed by atoms with Crippen LogP contribution in [0.5, 0.6) is 0 Å². The number of amides is 2. The van der Waals surface area contributed by atoms with Gasteiger partial charge in [-0.05, 0) is 146 Å². The van der Waals surface area contributed by atoms with Crippen LogP contribution in [0, 0.1) is 0 Å². The second-order valence-corrected chi connectivity index (χ2v) is 18.0. The topological polar surface area (TPSA) is 141 Å². The van der Waals surface area contributed by atoms with E-state index in [1.165, 1.54) is 30.6 Å². The lowest BCUT2D eigenvalue weighted by Crippen LogP contribution is -2.59. The van der Waals surface area contributed by atoms with Crippen molar-refractivity contribution in [3.05, 3.63) is 118 Å². The molecule has 1 saturated heterocycles. The number of Topliss-reactive ketones (excluding diaryl/α,β-unsaturated/α-hetero) is 3. The fourth-order valence-corrected chi connectivity index (χ4v) is 8.19. The lowest BCUT2D eigenvalue weighted by Gasteiger charge is -2.47. The first kappa shape index (κ1) is 56.4. The first-order valence-corrected chi connectivity index (χ1v) is 24.5. The molecule has 68 heavy (non-hydrogen) atoms. The van der Waals surface area contributed by atoms with Gasteiger partial charge in [-0.25, -0.2) is 4.99 Å². The predicted octanol–water partition coefficient (Wildman–Crippen LogP) is 11.1. The van der Waals surface area contributed by atoms with Crippen LogP contribution >= 0.6 is 0 Å². The molecular weight excluding hydrogens is 853 g/mol. The number of carbonyl (C=O) groups excluding carboxylic acids is 5. The van der Waals surface area contributed by atoms with Gasteiger partial charge in [0.05, 0.1) is 22.9 Å². The van der Waals surface area contributed by atoms with E-state index in [4.69, 9.17) is 4.74 Å². The molecule has 0 aliphatic carbocycles. The molecule has 3 heterocycles. The number of nitrogens with zero attached hydrogens (tertiary/aromatic N) is 4. The molecule has 12 nitrogen and oxygen atoms in total. The average Bonchev–Trinajstić information content (AvgIpc) is 3.54. The minimum Gasteiger partial charge on any atom is -0.494 e. The maximum Gasteiger partial charge on any atom is 0.262 e. The molecule has 2 amide bonds. The number of fused-ring (bicyclic) bond motifs is 1. The zero-order valence-corrected chi connectivity index (χ0v) is 43.3. The minimum atomic E-state index is -0.898. The summed E-state index contributed by atoms with van der Waals surface area (Å²) in [5.41, 5.74) is 9.49. The zero-order valence-electron chi connectivity index (χ0n) is 43.3. The van der Waals surface area contributed by atoms with Crippen LogP contribution in [0.3, 0.4) is 0 Å². The van der Waals surface area contributed by atoms with Gasteiger partial charge < -0.3 is 25.1 Å². The molecule has 5 rings (SSSR count). The molecule has 12 heteroatoms. The van der Waals surface area contributed by atoms with Gasteiger partial charge in [0.15, 0.2) is 5.78 Å². The van der Waals surface area contributed by atoms with Gasteiger partial charge in [-0.1, -0.05) is 78.0 Å². The molecule has 2 atom stereocenters. The van der Waals surface area contributed by atoms with Crippen LogP contribution < -0.4 is 15.5 Å². The largest absolute Gasteiger partial charge is 0.494 e. The summed E-state index contributed by atoms with van der Waals surface area (Å²) in [6.07, 6.45) is 9.40. The summed E-state index contributed by atoms with van der Waals surface area (Å²) >= 11 is 0. The molecule has 370 valence electrons. The number of ketones is 3. The molecule has 0 spiro atoms. The zero-order chi connectivity index (χ0) is 50.7. The molecule has 2 aromatic rings. The summed E-state index contributed by atoms with van der Waals surface area (Å²) in [6.45, 7) is 36.6. The molecule has 0 saturated carbocycles. The number of benzene rings is 2. The smallest absolute Gasteiger partial charge is 0.262 e. The molecule has 1 unspecified atom stereocenters. The van der Waals surface area contributed by atoms with Crippen LogP contribution in [0.4, 0.5) is 11.4 Å². The molecule has 2 N–H and O–H groups in total. The fraction of sp³-hybridized carbons (Fsp3) is 0.500. The highest BCUT2D eigenvalue weighted by atomic mass is 16.5. The van der Waals surface area contributed by atoms with Crippen molar-refractivity contribution in [3.8, 4) is 0 Å². The summed E-state index contributed by atoms with van der Waals surface area (Å²) in [7, 11) is 0. The maximum absolute atomic E-state index is 13.1. The molecule has 3 aliphatic heterocycles. The van der Waals surface area contributed by atoms with Crippen molar-refractivity contribution in [1.82, 2.24) is 15.1 Å². The summed E-state index contributed by atoms with van der Waals surface area (Å²) < 4.78 is 5.45. The SMILES string of the molecule is C=C(CC)/C(=C\N=C(C)Nc1ccc([C@H](C)C(C)=O)cc1)CCC.C=C/C(C)=C(/C)C1=C(C)OCCN1.CCCN(CCC)C1CN(c2ccc3c(c2)C(=O)N(C(CCC(C)=O)C(C)=O)C3=O)C1. The number of allylic oxidation sites excluding steroid dienone is 6. The van der Waals surface area contributed by atoms with E-state index in [0.717, 1.165) is 116 Å². The quantitative estimate of drug-likeness (QED) is 0.0538. The van der Waals surface area contributed by atoms with Crippen LogP contribution in [-0.4, -0.2) is 96.2 Å². The van der Waals surface area contributed by atoms with Crippen LogP contribution in [0.2, 0.25) is 0 Å². The highest BCUT2D eigenvalue weighted by Gasteiger charge is 2.42. The highest BCUT2D eigenvalue weighted by molar-refractivity contribution is 6.23. The number of rotatable bonds is 21. The second kappa shape index (κ2) is 27.8. The van der Waals surface area contributed by atoms with Crippen molar-refractivity contribution < 1.29 is 28.7 Å². The van der Waals surface area contributed by atoms with E-state index in [1.54, 1.807) is 19.1 Å². The van der Waals surface area contributed by atoms with Crippen molar-refractivity contribution in [2.24, 2.45) is 4.99 Å². The van der Waals surface area contributed by atoms with Crippen LogP contribution in [0.15, 0.2) is 107 Å². The maximum atomic E-state index is 13.1. The first-order valence-electron chi connectivity index (χ1n) is 24.5. The van der Waals surface area contributed by atoms with Crippen LogP contribution in [-0.2, 0) is 19.1 Å². The van der Waals surface area contributed by atoms with Crippen molar-refractivity contribution in [3.63, 3.8) is 0 Å². The third-order valence-electron chi connectivity index (χ3n) is 12.7. The van der Waals surface area contributed by atoms with Gasteiger partial charge in [-0.15, -0.1) is 0 Å². The van der Waals surface area contributed by atoms with Gasteiger partial charge in [-0.2, -0.15) is 0 Å². The Morgan fingerprint density at radius 2 is 1.53 bits per heavy atom. The third-order valence-corrected chi connectivity index (χ3v) is 12.7. The molecular formula is C56H80N6O6. The standard InChI is InChI=1S/C24H33N3O4.C21H30N2O.C11H17NO/c1-5-11-25(12-6-2)19-14-26(15-19)18-8-9-20-21(13-18)24(31)27(23(20)30)22(17(4)29)10-7-16(3)28;1-7-9-20(15(3)8-2)14-22-18(6)23-21-12-10-19(11-13-21)16(4)17(5)24;1-5-8(2)9(3)11-10(4)13-7-6-12-11/h8-9,13,19,22H,5-7,10-12,14-15H2,1-4H3;10-14,16H,3,7-9H2,1-2,4-6H3,(H,22,23);5,12H,1,6-7H2,2-4H3/b;20-14-;9-8-/t;16-;/m.1./s1. The van der Waals surface area contributed by atoms with E-state index >= 15 is 0 Å². The van der Waals surface area contributed by atoms with E-state index in [-0.39, 0.29) is 36.1 Å². The molecule has 0 aromatic heterocycles. The van der Waals surface area contributed by atoms with Gasteiger partial charge in [0, 0.05) is 55.6 Å². The normalized spacial score (nSPS) is 16.2. The number of hydrogen-bond acceptors (Lipinski definition) is 10. The minimum absolute atomic E-state index is 0.0617. The molecule has 0 bridgehead atoms. The molecule has 2 aromatic carbocycles. The fourth-order valence-electron chi connectivity index (χ4n) is 8.19. The van der Waals surface area contributed by atoms with E-state index < -0.39 is 17.9 Å². The molecule has 1 fully saturated rings. The second-order valence-electron chi connectivity index (χ2n) is 18.0. The Morgan fingerprint density at radius 1 is 0.897 bits per heavy atom. The van der Waals surface area contributed by atoms with Gasteiger partial charge in [-0.3, -0.25) is 29.0 Å². The Balaban J connectivity index is 0.000000293. The van der Waals surface area contributed by atoms with Crippen LogP contribution in [0.1, 0.15) is 160 Å². The molecule has 3 aliphatic rings. The summed E-state index contributed by atoms with van der Waals surface area (Å²) in [4.78, 5) is 71.2. The number of carbonyl (C=O) groups is 5. The van der Waals surface area contributed by atoms with Crippen LogP contribution in [0.25, 0.3) is 0 Å². The van der Waals surface area contributed by atoms with Crippen molar-refractivity contribution in [1.29, 1.82) is 0 Å². The Bertz CT molecular complexity index is 2240. The Hall–Kier alpha value is -5.88. The summed E-state index contributed by atoms with van der Waals surface area (Å²) in [5.74, 6) is 0.678. The number of hydrogen-bond donors (Lipinski definition) is 2. The number of nitrogens with one attached hydrogen (secondary N) is 2. The lowest BCUT2D eigenvalue weighted by atomic mass is 9.97. The van der Waals surface area contributed by atoms with Gasteiger partial charge >= 0.3 is 0 Å². The van der Waals surface area contributed by atoms with Gasteiger partial charge in [0.1, 0.15) is 29.8 Å². The van der Waals surface area contributed by atoms with Gasteiger partial charge in [0.2, 0.25) is 0 Å². The van der Waals surface area contributed by atoms with Crippen molar-refractivity contribution >= 4 is 46.4 Å². The van der Waals surface area contributed by atoms with E-state index in [1.807, 2.05) is 63.4 Å². The van der Waals surface area contributed by atoms with Crippen molar-refractivity contribution in [2.75, 3.05) is 49.5 Å².